The Bertz CT molecular complexity index is 236. The van der Waals surface area contributed by atoms with Gasteiger partial charge in [-0.3, -0.25) is 4.79 Å². The molecule has 0 radical (unpaired) electrons. The fourth-order valence-electron chi connectivity index (χ4n) is 1.71. The maximum Gasteiger partial charge on any atom is 0.234 e. The number of amides is 1. The molecule has 100 valence electrons. The van der Waals surface area contributed by atoms with Gasteiger partial charge < -0.3 is 20.5 Å². The molecular formula is C12H24N2O3. The molecule has 0 aromatic carbocycles. The van der Waals surface area contributed by atoms with Crippen LogP contribution in [0, 0.1) is 0 Å². The Hall–Kier alpha value is -0.650. The van der Waals surface area contributed by atoms with E-state index in [1.54, 1.807) is 0 Å². The predicted octanol–water partition coefficient (Wildman–Crippen LogP) is 0.0322. The van der Waals surface area contributed by atoms with Crippen molar-refractivity contribution in [1.82, 2.24) is 10.6 Å². The number of aliphatic hydroxyl groups is 1. The summed E-state index contributed by atoms with van der Waals surface area (Å²) in [5, 5.41) is 15.3. The van der Waals surface area contributed by atoms with E-state index in [9.17, 15) is 9.90 Å². The van der Waals surface area contributed by atoms with Gasteiger partial charge in [-0.15, -0.1) is 0 Å². The average Bonchev–Trinajstić information content (AvgIpc) is 2.37. The summed E-state index contributed by atoms with van der Waals surface area (Å²) < 4.78 is 5.23. The fraction of sp³-hybridized carbons (Fsp3) is 0.917. The lowest BCUT2D eigenvalue weighted by atomic mass is 10.0. The lowest BCUT2D eigenvalue weighted by Crippen LogP contribution is -2.51. The molecule has 1 rings (SSSR count). The Labute approximate surface area is 103 Å². The molecule has 1 fully saturated rings. The highest BCUT2D eigenvalue weighted by molar-refractivity contribution is 5.78. The maximum atomic E-state index is 11.7. The van der Waals surface area contributed by atoms with Crippen LogP contribution in [0.4, 0.5) is 0 Å². The zero-order valence-corrected chi connectivity index (χ0v) is 10.8. The van der Waals surface area contributed by atoms with E-state index < -0.39 is 0 Å². The normalized spacial score (nSPS) is 20.9. The number of carbonyl (C=O) groups is 1. The van der Waals surface area contributed by atoms with Crippen molar-refractivity contribution in [2.24, 2.45) is 0 Å². The van der Waals surface area contributed by atoms with Crippen LogP contribution in [-0.2, 0) is 9.53 Å². The van der Waals surface area contributed by atoms with Crippen molar-refractivity contribution < 1.29 is 14.6 Å². The van der Waals surface area contributed by atoms with Gasteiger partial charge in [0.1, 0.15) is 0 Å². The molecule has 1 saturated heterocycles. The van der Waals surface area contributed by atoms with Crippen LogP contribution in [0.3, 0.4) is 0 Å². The second kappa shape index (κ2) is 6.93. The number of hydrogen-bond acceptors (Lipinski definition) is 4. The Morgan fingerprint density at radius 1 is 1.47 bits per heavy atom. The molecule has 0 aliphatic carbocycles. The molecule has 5 heteroatoms. The monoisotopic (exact) mass is 244 g/mol. The first-order valence-electron chi connectivity index (χ1n) is 6.32. The number of rotatable bonds is 6. The first-order chi connectivity index (χ1) is 8.09. The van der Waals surface area contributed by atoms with E-state index in [2.05, 4.69) is 10.6 Å². The molecule has 5 nitrogen and oxygen atoms in total. The van der Waals surface area contributed by atoms with E-state index in [-0.39, 0.29) is 30.6 Å². The SMILES string of the molecule is CCC(C)(CO)NCC(=O)NC1CCOCC1. The standard InChI is InChI=1S/C12H24N2O3/c1-3-12(2,9-15)13-8-11(16)14-10-4-6-17-7-5-10/h10,13,15H,3-9H2,1-2H3,(H,14,16). The first-order valence-corrected chi connectivity index (χ1v) is 6.32. The summed E-state index contributed by atoms with van der Waals surface area (Å²) in [6.07, 6.45) is 2.56. The van der Waals surface area contributed by atoms with Gasteiger partial charge in [-0.2, -0.15) is 0 Å². The minimum absolute atomic E-state index is 0.00924. The van der Waals surface area contributed by atoms with Crippen LogP contribution < -0.4 is 10.6 Å². The average molecular weight is 244 g/mol. The zero-order valence-electron chi connectivity index (χ0n) is 10.8. The summed E-state index contributed by atoms with van der Waals surface area (Å²) in [5.41, 5.74) is -0.368. The van der Waals surface area contributed by atoms with Gasteiger partial charge in [-0.05, 0) is 26.2 Å². The van der Waals surface area contributed by atoms with Crippen LogP contribution in [0.15, 0.2) is 0 Å². The van der Waals surface area contributed by atoms with Crippen LogP contribution in [0.1, 0.15) is 33.1 Å². The molecule has 0 spiro atoms. The van der Waals surface area contributed by atoms with Crippen molar-refractivity contribution in [1.29, 1.82) is 0 Å². The smallest absolute Gasteiger partial charge is 0.234 e. The van der Waals surface area contributed by atoms with Crippen LogP contribution >= 0.6 is 0 Å². The largest absolute Gasteiger partial charge is 0.394 e. The summed E-state index contributed by atoms with van der Waals surface area (Å²) >= 11 is 0. The Balaban J connectivity index is 2.24. The number of nitrogens with one attached hydrogen (secondary N) is 2. The molecule has 1 aliphatic heterocycles. The molecule has 17 heavy (non-hydrogen) atoms. The predicted molar refractivity (Wildman–Crippen MR) is 65.8 cm³/mol. The lowest BCUT2D eigenvalue weighted by molar-refractivity contribution is -0.122. The molecule has 0 aromatic heterocycles. The van der Waals surface area contributed by atoms with Crippen molar-refractivity contribution >= 4 is 5.91 Å². The van der Waals surface area contributed by atoms with E-state index in [0.29, 0.717) is 0 Å². The fourth-order valence-corrected chi connectivity index (χ4v) is 1.71. The summed E-state index contributed by atoms with van der Waals surface area (Å²) in [4.78, 5) is 11.7. The van der Waals surface area contributed by atoms with Crippen LogP contribution in [-0.4, -0.2) is 49.0 Å². The molecule has 3 N–H and O–H groups in total. The van der Waals surface area contributed by atoms with Gasteiger partial charge in [-0.25, -0.2) is 0 Å². The minimum Gasteiger partial charge on any atom is -0.394 e. The van der Waals surface area contributed by atoms with Gasteiger partial charge in [-0.1, -0.05) is 6.92 Å². The molecule has 0 aromatic rings. The number of carbonyl (C=O) groups excluding carboxylic acids is 1. The molecular weight excluding hydrogens is 220 g/mol. The van der Waals surface area contributed by atoms with E-state index in [4.69, 9.17) is 4.74 Å². The summed E-state index contributed by atoms with van der Waals surface area (Å²) in [5.74, 6) is -0.00924. The van der Waals surface area contributed by atoms with Gasteiger partial charge in [0, 0.05) is 24.8 Å². The zero-order chi connectivity index (χ0) is 12.7. The van der Waals surface area contributed by atoms with E-state index in [0.717, 1.165) is 32.5 Å². The van der Waals surface area contributed by atoms with Crippen molar-refractivity contribution in [2.45, 2.75) is 44.7 Å². The van der Waals surface area contributed by atoms with Crippen molar-refractivity contribution in [2.75, 3.05) is 26.4 Å². The summed E-state index contributed by atoms with van der Waals surface area (Å²) in [6, 6.07) is 0.236. The summed E-state index contributed by atoms with van der Waals surface area (Å²) in [7, 11) is 0. The highest BCUT2D eigenvalue weighted by Gasteiger charge is 2.22. The molecule has 1 amide bonds. The van der Waals surface area contributed by atoms with Crippen LogP contribution in [0.2, 0.25) is 0 Å². The Kier molecular flexibility index (Phi) is 5.88. The molecule has 1 atom stereocenters. The topological polar surface area (TPSA) is 70.6 Å². The lowest BCUT2D eigenvalue weighted by Gasteiger charge is -2.28. The quantitative estimate of drug-likeness (QED) is 0.616. The van der Waals surface area contributed by atoms with Gasteiger partial charge in [0.15, 0.2) is 0 Å². The third-order valence-electron chi connectivity index (χ3n) is 3.39. The second-order valence-electron chi connectivity index (χ2n) is 4.88. The van der Waals surface area contributed by atoms with E-state index >= 15 is 0 Å². The van der Waals surface area contributed by atoms with Crippen molar-refractivity contribution in [3.8, 4) is 0 Å². The van der Waals surface area contributed by atoms with Crippen LogP contribution in [0.25, 0.3) is 0 Å². The molecule has 0 saturated carbocycles. The van der Waals surface area contributed by atoms with E-state index in [1.165, 1.54) is 0 Å². The molecule has 1 unspecified atom stereocenters. The molecule has 0 bridgehead atoms. The first kappa shape index (κ1) is 14.4. The maximum absolute atomic E-state index is 11.7. The summed E-state index contributed by atoms with van der Waals surface area (Å²) in [6.45, 7) is 5.63. The number of ether oxygens (including phenoxy) is 1. The Morgan fingerprint density at radius 3 is 2.65 bits per heavy atom. The highest BCUT2D eigenvalue weighted by Crippen LogP contribution is 2.08. The highest BCUT2D eigenvalue weighted by atomic mass is 16.5. The van der Waals surface area contributed by atoms with Crippen molar-refractivity contribution in [3.63, 3.8) is 0 Å². The second-order valence-corrected chi connectivity index (χ2v) is 4.88. The van der Waals surface area contributed by atoms with Gasteiger partial charge in [0.25, 0.3) is 0 Å². The third-order valence-corrected chi connectivity index (χ3v) is 3.39. The van der Waals surface area contributed by atoms with Crippen molar-refractivity contribution in [3.05, 3.63) is 0 Å². The van der Waals surface area contributed by atoms with E-state index in [1.807, 2.05) is 13.8 Å². The molecule has 1 aliphatic rings. The minimum atomic E-state index is -0.368. The number of aliphatic hydroxyl groups excluding tert-OH is 1. The molecule has 1 heterocycles. The Morgan fingerprint density at radius 2 is 2.12 bits per heavy atom. The van der Waals surface area contributed by atoms with Gasteiger partial charge in [0.2, 0.25) is 5.91 Å². The number of hydrogen-bond donors (Lipinski definition) is 3. The van der Waals surface area contributed by atoms with Crippen LogP contribution in [0.5, 0.6) is 0 Å². The third kappa shape index (κ3) is 5.02. The van der Waals surface area contributed by atoms with Gasteiger partial charge in [0.05, 0.1) is 13.2 Å². The van der Waals surface area contributed by atoms with Gasteiger partial charge >= 0.3 is 0 Å².